The third kappa shape index (κ3) is 2.70. The number of rotatable bonds is 2. The molecule has 1 saturated carbocycles. The number of fused-ring (bicyclic) bond motifs is 1. The second kappa shape index (κ2) is 5.92. The first-order valence-electron chi connectivity index (χ1n) is 7.04. The minimum atomic E-state index is -0.0000463. The molecule has 20 heavy (non-hydrogen) atoms. The van der Waals surface area contributed by atoms with Gasteiger partial charge in [0.05, 0.1) is 5.52 Å². The number of amides is 1. The van der Waals surface area contributed by atoms with Crippen molar-refractivity contribution >= 4 is 32.7 Å². The van der Waals surface area contributed by atoms with E-state index in [2.05, 4.69) is 26.2 Å². The number of nitrogens with one attached hydrogen (secondary N) is 1. The van der Waals surface area contributed by atoms with Gasteiger partial charge >= 0.3 is 0 Å². The van der Waals surface area contributed by atoms with Crippen molar-refractivity contribution in [1.29, 1.82) is 0 Å². The molecule has 2 unspecified atom stereocenters. The molecule has 0 saturated heterocycles. The molecule has 1 heterocycles. The molecular formula is C16H17BrN2O. The molecule has 104 valence electrons. The average molecular weight is 333 g/mol. The Morgan fingerprint density at radius 1 is 1.20 bits per heavy atom. The van der Waals surface area contributed by atoms with Crippen LogP contribution in [-0.4, -0.2) is 21.8 Å². The molecule has 2 aromatic rings. The Bertz CT molecular complexity index is 623. The second-order valence-corrected chi connectivity index (χ2v) is 6.43. The molecule has 1 aromatic carbocycles. The van der Waals surface area contributed by atoms with Gasteiger partial charge in [0, 0.05) is 28.0 Å². The Morgan fingerprint density at radius 2 is 2.05 bits per heavy atom. The van der Waals surface area contributed by atoms with Gasteiger partial charge in [-0.1, -0.05) is 40.9 Å². The van der Waals surface area contributed by atoms with Crippen molar-refractivity contribution in [3.05, 3.63) is 42.1 Å². The van der Waals surface area contributed by atoms with Gasteiger partial charge in [-0.3, -0.25) is 9.78 Å². The monoisotopic (exact) mass is 332 g/mol. The van der Waals surface area contributed by atoms with Crippen molar-refractivity contribution in [3.63, 3.8) is 0 Å². The van der Waals surface area contributed by atoms with E-state index in [1.54, 1.807) is 6.20 Å². The zero-order valence-electron chi connectivity index (χ0n) is 11.2. The van der Waals surface area contributed by atoms with Crippen molar-refractivity contribution in [2.45, 2.75) is 36.6 Å². The van der Waals surface area contributed by atoms with E-state index in [0.717, 1.165) is 23.7 Å². The van der Waals surface area contributed by atoms with Gasteiger partial charge in [-0.25, -0.2) is 0 Å². The zero-order chi connectivity index (χ0) is 13.9. The molecule has 4 heteroatoms. The predicted molar refractivity (Wildman–Crippen MR) is 84.2 cm³/mol. The van der Waals surface area contributed by atoms with Crippen LogP contribution in [0.1, 0.15) is 36.0 Å². The Hall–Kier alpha value is -1.42. The van der Waals surface area contributed by atoms with Gasteiger partial charge < -0.3 is 5.32 Å². The maximum atomic E-state index is 12.5. The highest BCUT2D eigenvalue weighted by Gasteiger charge is 2.25. The van der Waals surface area contributed by atoms with Crippen molar-refractivity contribution < 1.29 is 4.79 Å². The molecular weight excluding hydrogens is 316 g/mol. The fourth-order valence-corrected chi connectivity index (χ4v) is 3.52. The van der Waals surface area contributed by atoms with E-state index in [0.29, 0.717) is 10.4 Å². The quantitative estimate of drug-likeness (QED) is 0.852. The topological polar surface area (TPSA) is 42.0 Å². The van der Waals surface area contributed by atoms with E-state index in [1.165, 1.54) is 12.8 Å². The van der Waals surface area contributed by atoms with Crippen LogP contribution in [0.4, 0.5) is 0 Å². The number of benzene rings is 1. The molecule has 0 radical (unpaired) electrons. The van der Waals surface area contributed by atoms with Crippen LogP contribution in [0, 0.1) is 0 Å². The Morgan fingerprint density at radius 3 is 2.90 bits per heavy atom. The molecule has 1 aliphatic rings. The van der Waals surface area contributed by atoms with Gasteiger partial charge in [0.25, 0.3) is 5.91 Å². The van der Waals surface area contributed by atoms with Crippen molar-refractivity contribution in [1.82, 2.24) is 10.3 Å². The van der Waals surface area contributed by atoms with Gasteiger partial charge in [-0.15, -0.1) is 0 Å². The van der Waals surface area contributed by atoms with Gasteiger partial charge in [-0.2, -0.15) is 0 Å². The van der Waals surface area contributed by atoms with E-state index >= 15 is 0 Å². The molecule has 1 fully saturated rings. The van der Waals surface area contributed by atoms with Gasteiger partial charge in [-0.05, 0) is 31.0 Å². The minimum absolute atomic E-state index is 0.0000463. The number of carbonyl (C=O) groups excluding carboxylic acids is 1. The van der Waals surface area contributed by atoms with Gasteiger partial charge in [0.2, 0.25) is 0 Å². The summed E-state index contributed by atoms with van der Waals surface area (Å²) in [7, 11) is 0. The first kappa shape index (κ1) is 13.6. The lowest BCUT2D eigenvalue weighted by Gasteiger charge is -2.28. The molecule has 1 amide bonds. The molecule has 3 rings (SSSR count). The first-order chi connectivity index (χ1) is 9.75. The summed E-state index contributed by atoms with van der Waals surface area (Å²) < 4.78 is 0. The fraction of sp³-hybridized carbons (Fsp3) is 0.375. The Labute approximate surface area is 126 Å². The van der Waals surface area contributed by atoms with Crippen molar-refractivity contribution in [2.24, 2.45) is 0 Å². The smallest absolute Gasteiger partial charge is 0.252 e. The van der Waals surface area contributed by atoms with Gasteiger partial charge in [0.1, 0.15) is 0 Å². The predicted octanol–water partition coefficient (Wildman–Crippen LogP) is 3.67. The molecule has 0 bridgehead atoms. The summed E-state index contributed by atoms with van der Waals surface area (Å²) in [6.45, 7) is 0. The normalized spacial score (nSPS) is 22.6. The third-order valence-electron chi connectivity index (χ3n) is 3.89. The number of hydrogen-bond donors (Lipinski definition) is 1. The summed E-state index contributed by atoms with van der Waals surface area (Å²) in [5, 5.41) is 4.07. The van der Waals surface area contributed by atoms with Crippen molar-refractivity contribution in [2.75, 3.05) is 0 Å². The number of pyridine rings is 1. The molecule has 1 N–H and O–H groups in total. The van der Waals surface area contributed by atoms with Crippen LogP contribution in [0.5, 0.6) is 0 Å². The number of alkyl halides is 1. The minimum Gasteiger partial charge on any atom is -0.348 e. The van der Waals surface area contributed by atoms with E-state index in [4.69, 9.17) is 0 Å². The number of carbonyl (C=O) groups is 1. The van der Waals surface area contributed by atoms with Crippen molar-refractivity contribution in [3.8, 4) is 0 Å². The highest BCUT2D eigenvalue weighted by atomic mass is 79.9. The fourth-order valence-electron chi connectivity index (χ4n) is 2.80. The largest absolute Gasteiger partial charge is 0.348 e. The Balaban J connectivity index is 1.85. The molecule has 1 aliphatic carbocycles. The van der Waals surface area contributed by atoms with Crippen LogP contribution >= 0.6 is 15.9 Å². The van der Waals surface area contributed by atoms with E-state index < -0.39 is 0 Å². The number of halogens is 1. The summed E-state index contributed by atoms with van der Waals surface area (Å²) in [6.07, 6.45) is 6.34. The number of hydrogen-bond acceptors (Lipinski definition) is 2. The van der Waals surface area contributed by atoms with Crippen LogP contribution in [0.3, 0.4) is 0 Å². The van der Waals surface area contributed by atoms with Crippen LogP contribution < -0.4 is 5.32 Å². The SMILES string of the molecule is O=C(NC1CCCCC1Br)c1cccc2ncccc12. The number of aromatic nitrogens is 1. The summed E-state index contributed by atoms with van der Waals surface area (Å²) in [4.78, 5) is 17.2. The lowest BCUT2D eigenvalue weighted by molar-refractivity contribution is 0.0931. The van der Waals surface area contributed by atoms with E-state index in [1.807, 2.05) is 30.3 Å². The zero-order valence-corrected chi connectivity index (χ0v) is 12.8. The highest BCUT2D eigenvalue weighted by Crippen LogP contribution is 2.25. The van der Waals surface area contributed by atoms with Crippen LogP contribution in [0.25, 0.3) is 10.9 Å². The third-order valence-corrected chi connectivity index (χ3v) is 4.98. The second-order valence-electron chi connectivity index (χ2n) is 5.26. The standard InChI is InChI=1S/C16H17BrN2O/c17-13-7-1-2-8-15(13)19-16(20)12-5-3-9-14-11(12)6-4-10-18-14/h3-6,9-10,13,15H,1-2,7-8H2,(H,19,20). The first-order valence-corrected chi connectivity index (χ1v) is 7.96. The molecule has 2 atom stereocenters. The molecule has 3 nitrogen and oxygen atoms in total. The van der Waals surface area contributed by atoms with Crippen LogP contribution in [-0.2, 0) is 0 Å². The molecule has 0 aliphatic heterocycles. The highest BCUT2D eigenvalue weighted by molar-refractivity contribution is 9.09. The lowest BCUT2D eigenvalue weighted by atomic mass is 9.95. The molecule has 1 aromatic heterocycles. The maximum Gasteiger partial charge on any atom is 0.252 e. The van der Waals surface area contributed by atoms with Crippen LogP contribution in [0.15, 0.2) is 36.5 Å². The summed E-state index contributed by atoms with van der Waals surface area (Å²) in [6, 6.07) is 9.72. The van der Waals surface area contributed by atoms with Gasteiger partial charge in [0.15, 0.2) is 0 Å². The van der Waals surface area contributed by atoms with Crippen LogP contribution in [0.2, 0.25) is 0 Å². The maximum absolute atomic E-state index is 12.5. The van der Waals surface area contributed by atoms with E-state index in [9.17, 15) is 4.79 Å². The molecule has 0 spiro atoms. The average Bonchev–Trinajstić information content (AvgIpc) is 2.49. The van der Waals surface area contributed by atoms with E-state index in [-0.39, 0.29) is 11.9 Å². The lowest BCUT2D eigenvalue weighted by Crippen LogP contribution is -2.42. The number of nitrogens with zero attached hydrogens (tertiary/aromatic N) is 1. The summed E-state index contributed by atoms with van der Waals surface area (Å²) >= 11 is 3.68. The summed E-state index contributed by atoms with van der Waals surface area (Å²) in [5.41, 5.74) is 1.57. The summed E-state index contributed by atoms with van der Waals surface area (Å²) in [5.74, 6) is -0.0000463. The Kier molecular flexibility index (Phi) is 4.01.